The maximum absolute atomic E-state index is 13.5. The number of esters is 1. The highest BCUT2D eigenvalue weighted by Crippen LogP contribution is 2.23. The molecule has 20 heavy (non-hydrogen) atoms. The zero-order valence-electron chi connectivity index (χ0n) is 10.2. The summed E-state index contributed by atoms with van der Waals surface area (Å²) in [7, 11) is 0. The summed E-state index contributed by atoms with van der Waals surface area (Å²) in [6.45, 7) is -0.244. The van der Waals surface area contributed by atoms with Crippen molar-refractivity contribution in [3.05, 3.63) is 62.8 Å². The molecule has 0 radical (unpaired) electrons. The summed E-state index contributed by atoms with van der Waals surface area (Å²) in [5, 5.41) is 0.212. The average molecular weight is 359 g/mol. The van der Waals surface area contributed by atoms with Crippen molar-refractivity contribution < 1.29 is 13.9 Å². The quantitative estimate of drug-likeness (QED) is 0.661. The summed E-state index contributed by atoms with van der Waals surface area (Å²) in [5.41, 5.74) is 6.46. The molecule has 0 aliphatic rings. The normalized spacial score (nSPS) is 10.3. The SMILES string of the molecule is Nc1ccc(Br)c(C(=O)OCc2c(F)cccc2Cl)c1. The molecule has 2 aromatic carbocycles. The Balaban J connectivity index is 2.15. The first kappa shape index (κ1) is 14.8. The molecule has 2 N–H and O–H groups in total. The lowest BCUT2D eigenvalue weighted by atomic mass is 10.2. The predicted octanol–water partition coefficient (Wildman–Crippen LogP) is 4.18. The second-order valence-corrected chi connectivity index (χ2v) is 5.28. The van der Waals surface area contributed by atoms with E-state index < -0.39 is 11.8 Å². The highest BCUT2D eigenvalue weighted by Gasteiger charge is 2.14. The van der Waals surface area contributed by atoms with Gasteiger partial charge in [-0.1, -0.05) is 17.7 Å². The fourth-order valence-corrected chi connectivity index (χ4v) is 2.21. The second-order valence-electron chi connectivity index (χ2n) is 4.02. The topological polar surface area (TPSA) is 52.3 Å². The van der Waals surface area contributed by atoms with Gasteiger partial charge in [0.05, 0.1) is 10.6 Å². The minimum Gasteiger partial charge on any atom is -0.457 e. The minimum absolute atomic E-state index is 0.141. The summed E-state index contributed by atoms with van der Waals surface area (Å²) < 4.78 is 19.2. The Bertz CT molecular complexity index is 643. The number of ether oxygens (including phenoxy) is 1. The zero-order chi connectivity index (χ0) is 14.7. The molecular formula is C14H10BrClFNO2. The lowest BCUT2D eigenvalue weighted by Gasteiger charge is -2.09. The van der Waals surface area contributed by atoms with Gasteiger partial charge in [0.1, 0.15) is 12.4 Å². The Morgan fingerprint density at radius 1 is 1.35 bits per heavy atom. The van der Waals surface area contributed by atoms with Crippen LogP contribution in [0.2, 0.25) is 5.02 Å². The van der Waals surface area contributed by atoms with E-state index in [4.69, 9.17) is 22.1 Å². The third kappa shape index (κ3) is 3.29. The van der Waals surface area contributed by atoms with Crippen molar-refractivity contribution in [2.75, 3.05) is 5.73 Å². The average Bonchev–Trinajstić information content (AvgIpc) is 2.40. The van der Waals surface area contributed by atoms with Crippen LogP contribution in [0.1, 0.15) is 15.9 Å². The van der Waals surface area contributed by atoms with Crippen molar-refractivity contribution in [2.24, 2.45) is 0 Å². The van der Waals surface area contributed by atoms with Crippen LogP contribution in [0.15, 0.2) is 40.9 Å². The van der Waals surface area contributed by atoms with E-state index in [-0.39, 0.29) is 22.8 Å². The van der Waals surface area contributed by atoms with Crippen molar-refractivity contribution in [3.63, 3.8) is 0 Å². The van der Waals surface area contributed by atoms with Crippen LogP contribution >= 0.6 is 27.5 Å². The molecule has 0 aliphatic heterocycles. The highest BCUT2D eigenvalue weighted by molar-refractivity contribution is 9.10. The van der Waals surface area contributed by atoms with Crippen LogP contribution in [-0.2, 0) is 11.3 Å². The molecule has 0 unspecified atom stereocenters. The van der Waals surface area contributed by atoms with Crippen LogP contribution in [0, 0.1) is 5.82 Å². The highest BCUT2D eigenvalue weighted by atomic mass is 79.9. The van der Waals surface area contributed by atoms with Gasteiger partial charge in [-0.3, -0.25) is 0 Å². The van der Waals surface area contributed by atoms with E-state index in [2.05, 4.69) is 15.9 Å². The largest absolute Gasteiger partial charge is 0.457 e. The number of carbonyl (C=O) groups excluding carboxylic acids is 1. The van der Waals surface area contributed by atoms with Crippen molar-refractivity contribution in [1.82, 2.24) is 0 Å². The number of benzene rings is 2. The van der Waals surface area contributed by atoms with E-state index in [9.17, 15) is 9.18 Å². The van der Waals surface area contributed by atoms with Gasteiger partial charge in [0.2, 0.25) is 0 Å². The van der Waals surface area contributed by atoms with Gasteiger partial charge in [-0.05, 0) is 46.3 Å². The van der Waals surface area contributed by atoms with Gasteiger partial charge in [0.25, 0.3) is 0 Å². The molecule has 0 atom stereocenters. The number of nitrogen functional groups attached to an aromatic ring is 1. The summed E-state index contributed by atoms with van der Waals surface area (Å²) in [4.78, 5) is 11.9. The van der Waals surface area contributed by atoms with Gasteiger partial charge in [0.15, 0.2) is 0 Å². The van der Waals surface area contributed by atoms with Crippen molar-refractivity contribution in [2.45, 2.75) is 6.61 Å². The van der Waals surface area contributed by atoms with E-state index in [0.29, 0.717) is 10.2 Å². The number of anilines is 1. The number of nitrogens with two attached hydrogens (primary N) is 1. The van der Waals surface area contributed by atoms with Gasteiger partial charge < -0.3 is 10.5 Å². The van der Waals surface area contributed by atoms with Gasteiger partial charge in [0, 0.05) is 15.7 Å². The first-order valence-corrected chi connectivity index (χ1v) is 6.81. The smallest absolute Gasteiger partial charge is 0.339 e. The van der Waals surface area contributed by atoms with Crippen LogP contribution in [0.25, 0.3) is 0 Å². The first-order chi connectivity index (χ1) is 9.49. The summed E-state index contributed by atoms with van der Waals surface area (Å²) in [6, 6.07) is 9.04. The van der Waals surface area contributed by atoms with Crippen molar-refractivity contribution in [1.29, 1.82) is 0 Å². The standard InChI is InChI=1S/C14H10BrClFNO2/c15-11-5-4-8(18)6-9(11)14(19)20-7-10-12(16)2-1-3-13(10)17/h1-6H,7,18H2. The van der Waals surface area contributed by atoms with Crippen LogP contribution in [0.5, 0.6) is 0 Å². The van der Waals surface area contributed by atoms with E-state index >= 15 is 0 Å². The molecule has 0 aromatic heterocycles. The molecular weight excluding hydrogens is 349 g/mol. The lowest BCUT2D eigenvalue weighted by Crippen LogP contribution is -2.08. The van der Waals surface area contributed by atoms with E-state index in [1.807, 2.05) is 0 Å². The van der Waals surface area contributed by atoms with E-state index in [1.165, 1.54) is 24.3 Å². The van der Waals surface area contributed by atoms with Gasteiger partial charge >= 0.3 is 5.97 Å². The lowest BCUT2D eigenvalue weighted by molar-refractivity contribution is 0.0468. The third-order valence-electron chi connectivity index (χ3n) is 2.62. The Hall–Kier alpha value is -1.59. The molecule has 0 heterocycles. The Kier molecular flexibility index (Phi) is 4.62. The van der Waals surface area contributed by atoms with Gasteiger partial charge in [-0.2, -0.15) is 0 Å². The fraction of sp³-hybridized carbons (Fsp3) is 0.0714. The van der Waals surface area contributed by atoms with Crippen molar-refractivity contribution >= 4 is 39.2 Å². The van der Waals surface area contributed by atoms with Crippen LogP contribution < -0.4 is 5.73 Å². The van der Waals surface area contributed by atoms with E-state index in [1.54, 1.807) is 12.1 Å². The molecule has 2 aromatic rings. The first-order valence-electron chi connectivity index (χ1n) is 5.64. The minimum atomic E-state index is -0.608. The zero-order valence-corrected chi connectivity index (χ0v) is 12.5. The molecule has 0 bridgehead atoms. The third-order valence-corrected chi connectivity index (χ3v) is 3.67. The van der Waals surface area contributed by atoms with Crippen LogP contribution in [0.4, 0.5) is 10.1 Å². The number of hydrogen-bond donors (Lipinski definition) is 1. The fourth-order valence-electron chi connectivity index (χ4n) is 1.59. The monoisotopic (exact) mass is 357 g/mol. The molecule has 0 fully saturated rings. The number of carbonyl (C=O) groups is 1. The Morgan fingerprint density at radius 3 is 2.80 bits per heavy atom. The second kappa shape index (κ2) is 6.24. The maximum atomic E-state index is 13.5. The van der Waals surface area contributed by atoms with Crippen molar-refractivity contribution in [3.8, 4) is 0 Å². The Morgan fingerprint density at radius 2 is 2.10 bits per heavy atom. The molecule has 0 amide bonds. The molecule has 0 aliphatic carbocycles. The maximum Gasteiger partial charge on any atom is 0.339 e. The molecule has 3 nitrogen and oxygen atoms in total. The number of rotatable bonds is 3. The van der Waals surface area contributed by atoms with Gasteiger partial charge in [-0.25, -0.2) is 9.18 Å². The molecule has 0 saturated carbocycles. The molecule has 0 spiro atoms. The summed E-state index contributed by atoms with van der Waals surface area (Å²) in [6.07, 6.45) is 0. The van der Waals surface area contributed by atoms with Crippen LogP contribution in [0.3, 0.4) is 0 Å². The molecule has 6 heteroatoms. The van der Waals surface area contributed by atoms with E-state index in [0.717, 1.165) is 0 Å². The number of halogens is 3. The summed E-state index contributed by atoms with van der Waals surface area (Å²) in [5.74, 6) is -1.12. The van der Waals surface area contributed by atoms with Crippen LogP contribution in [-0.4, -0.2) is 5.97 Å². The molecule has 0 saturated heterocycles. The molecule has 2 rings (SSSR count). The number of hydrogen-bond acceptors (Lipinski definition) is 3. The Labute approximate surface area is 128 Å². The summed E-state index contributed by atoms with van der Waals surface area (Å²) >= 11 is 9.08. The predicted molar refractivity (Wildman–Crippen MR) is 79.1 cm³/mol. The van der Waals surface area contributed by atoms with Gasteiger partial charge in [-0.15, -0.1) is 0 Å². The molecule has 104 valence electrons.